The number of anilines is 1. The van der Waals surface area contributed by atoms with Gasteiger partial charge in [0.25, 0.3) is 0 Å². The Kier molecular flexibility index (Phi) is 4.02. The number of aromatic nitrogens is 2. The smallest absolute Gasteiger partial charge is 0.305 e. The van der Waals surface area contributed by atoms with Gasteiger partial charge in [-0.3, -0.25) is 4.79 Å². The molecule has 0 radical (unpaired) electrons. The van der Waals surface area contributed by atoms with Gasteiger partial charge in [-0.1, -0.05) is 13.8 Å². The van der Waals surface area contributed by atoms with Crippen LogP contribution in [0.1, 0.15) is 38.9 Å². The van der Waals surface area contributed by atoms with Gasteiger partial charge < -0.3 is 10.4 Å². The monoisotopic (exact) mass is 229 g/mol. The van der Waals surface area contributed by atoms with E-state index in [1.807, 2.05) is 20.8 Å². The first-order chi connectivity index (χ1) is 6.99. The molecule has 1 rings (SSSR count). The fraction of sp³-hybridized carbons (Fsp3) is 0.667. The predicted molar refractivity (Wildman–Crippen MR) is 59.3 cm³/mol. The lowest BCUT2D eigenvalue weighted by Crippen LogP contribution is -2.19. The summed E-state index contributed by atoms with van der Waals surface area (Å²) in [5.41, 5.74) is 0. The largest absolute Gasteiger partial charge is 0.481 e. The Morgan fingerprint density at radius 1 is 1.53 bits per heavy atom. The van der Waals surface area contributed by atoms with Crippen molar-refractivity contribution < 1.29 is 9.90 Å². The quantitative estimate of drug-likeness (QED) is 0.807. The normalized spacial score (nSPS) is 12.8. The van der Waals surface area contributed by atoms with Crippen LogP contribution in [0.3, 0.4) is 0 Å². The molecule has 0 aliphatic heterocycles. The predicted octanol–water partition coefficient (Wildman–Crippen LogP) is 1.94. The average Bonchev–Trinajstić information content (AvgIpc) is 2.50. The summed E-state index contributed by atoms with van der Waals surface area (Å²) in [6.07, 6.45) is 0.0800. The molecular weight excluding hydrogens is 214 g/mol. The maximum atomic E-state index is 10.4. The van der Waals surface area contributed by atoms with Gasteiger partial charge in [-0.15, -0.1) is 0 Å². The SMILES string of the molecule is CC(CC(=O)O)Nc1nc(C(C)C)ns1. The molecule has 0 saturated carbocycles. The number of carbonyl (C=O) groups is 1. The molecule has 1 heterocycles. The minimum Gasteiger partial charge on any atom is -0.481 e. The summed E-state index contributed by atoms with van der Waals surface area (Å²) in [4.78, 5) is 14.7. The van der Waals surface area contributed by atoms with E-state index in [9.17, 15) is 4.79 Å². The van der Waals surface area contributed by atoms with Gasteiger partial charge in [-0.05, 0) is 6.92 Å². The second kappa shape index (κ2) is 5.06. The summed E-state index contributed by atoms with van der Waals surface area (Å²) in [6, 6.07) is -0.129. The Hall–Kier alpha value is -1.17. The zero-order chi connectivity index (χ0) is 11.4. The molecule has 0 aliphatic carbocycles. The van der Waals surface area contributed by atoms with E-state index in [4.69, 9.17) is 5.11 Å². The first-order valence-electron chi connectivity index (χ1n) is 4.81. The highest BCUT2D eigenvalue weighted by Crippen LogP contribution is 2.18. The molecule has 1 unspecified atom stereocenters. The number of nitrogens with one attached hydrogen (secondary N) is 1. The van der Waals surface area contributed by atoms with Gasteiger partial charge in [-0.2, -0.15) is 4.37 Å². The van der Waals surface area contributed by atoms with Crippen molar-refractivity contribution in [3.8, 4) is 0 Å². The molecule has 5 nitrogen and oxygen atoms in total. The molecule has 1 aromatic heterocycles. The molecule has 0 amide bonds. The van der Waals surface area contributed by atoms with Gasteiger partial charge in [0.15, 0.2) is 0 Å². The first kappa shape index (κ1) is 11.9. The van der Waals surface area contributed by atoms with E-state index in [2.05, 4.69) is 14.7 Å². The molecule has 1 aromatic rings. The van der Waals surface area contributed by atoms with Crippen LogP contribution in [0.5, 0.6) is 0 Å². The number of aliphatic carboxylic acids is 1. The third kappa shape index (κ3) is 3.83. The Bertz CT molecular complexity index is 338. The molecule has 1 atom stereocenters. The van der Waals surface area contributed by atoms with Gasteiger partial charge >= 0.3 is 5.97 Å². The Morgan fingerprint density at radius 3 is 2.67 bits per heavy atom. The maximum absolute atomic E-state index is 10.4. The molecule has 0 bridgehead atoms. The van der Waals surface area contributed by atoms with Crippen LogP contribution in [0.4, 0.5) is 5.13 Å². The Labute approximate surface area is 92.7 Å². The summed E-state index contributed by atoms with van der Waals surface area (Å²) >= 11 is 1.27. The molecule has 0 fully saturated rings. The molecule has 0 saturated heterocycles. The minimum absolute atomic E-state index is 0.0800. The molecule has 15 heavy (non-hydrogen) atoms. The molecule has 2 N–H and O–H groups in total. The van der Waals surface area contributed by atoms with Crippen molar-refractivity contribution in [3.63, 3.8) is 0 Å². The molecule has 0 aromatic carbocycles. The van der Waals surface area contributed by atoms with Crippen LogP contribution in [0, 0.1) is 0 Å². The highest BCUT2D eigenvalue weighted by Gasteiger charge is 2.11. The van der Waals surface area contributed by atoms with E-state index >= 15 is 0 Å². The maximum Gasteiger partial charge on any atom is 0.305 e. The lowest BCUT2D eigenvalue weighted by molar-refractivity contribution is -0.137. The summed E-state index contributed by atoms with van der Waals surface area (Å²) in [6.45, 7) is 5.85. The van der Waals surface area contributed by atoms with Crippen LogP contribution in [0.25, 0.3) is 0 Å². The van der Waals surface area contributed by atoms with Gasteiger partial charge in [0.1, 0.15) is 5.82 Å². The van der Waals surface area contributed by atoms with Crippen LogP contribution >= 0.6 is 11.5 Å². The number of carboxylic acids is 1. The third-order valence-corrected chi connectivity index (χ3v) is 2.47. The summed E-state index contributed by atoms with van der Waals surface area (Å²) < 4.78 is 4.17. The van der Waals surface area contributed by atoms with Crippen molar-refractivity contribution >= 4 is 22.6 Å². The number of hydrogen-bond donors (Lipinski definition) is 2. The van der Waals surface area contributed by atoms with Gasteiger partial charge in [0.05, 0.1) is 6.42 Å². The van der Waals surface area contributed by atoms with Crippen molar-refractivity contribution in [3.05, 3.63) is 5.82 Å². The number of hydrogen-bond acceptors (Lipinski definition) is 5. The van der Waals surface area contributed by atoms with Gasteiger partial charge in [0.2, 0.25) is 5.13 Å². The summed E-state index contributed by atoms with van der Waals surface area (Å²) in [5, 5.41) is 12.3. The lowest BCUT2D eigenvalue weighted by Gasteiger charge is -2.08. The van der Waals surface area contributed by atoms with Crippen LogP contribution in [-0.2, 0) is 4.79 Å². The molecule has 0 spiro atoms. The standard InChI is InChI=1S/C9H15N3O2S/c1-5(2)8-11-9(15-12-8)10-6(3)4-7(13)14/h5-6H,4H2,1-3H3,(H,13,14)(H,10,11,12). The Balaban J connectivity index is 2.53. The van der Waals surface area contributed by atoms with Crippen molar-refractivity contribution in [1.29, 1.82) is 0 Å². The van der Waals surface area contributed by atoms with Crippen LogP contribution in [0.2, 0.25) is 0 Å². The molecule has 0 aliphatic rings. The van der Waals surface area contributed by atoms with Crippen LogP contribution < -0.4 is 5.32 Å². The number of carboxylic acid groups (broad SMARTS) is 1. The van der Waals surface area contributed by atoms with Crippen molar-refractivity contribution in [1.82, 2.24) is 9.36 Å². The highest BCUT2D eigenvalue weighted by molar-refractivity contribution is 7.09. The fourth-order valence-electron chi connectivity index (χ4n) is 1.05. The summed E-state index contributed by atoms with van der Waals surface area (Å²) in [7, 11) is 0. The topological polar surface area (TPSA) is 75.1 Å². The van der Waals surface area contributed by atoms with E-state index in [0.29, 0.717) is 11.0 Å². The molecular formula is C9H15N3O2S. The van der Waals surface area contributed by atoms with Crippen LogP contribution in [0.15, 0.2) is 0 Å². The van der Waals surface area contributed by atoms with E-state index in [1.54, 1.807) is 0 Å². The third-order valence-electron chi connectivity index (χ3n) is 1.81. The molecule has 6 heteroatoms. The van der Waals surface area contributed by atoms with E-state index in [1.165, 1.54) is 11.5 Å². The van der Waals surface area contributed by atoms with Gasteiger partial charge in [-0.25, -0.2) is 4.98 Å². The molecule has 84 valence electrons. The second-order valence-electron chi connectivity index (χ2n) is 3.76. The average molecular weight is 229 g/mol. The second-order valence-corrected chi connectivity index (χ2v) is 4.51. The van der Waals surface area contributed by atoms with E-state index in [0.717, 1.165) is 5.82 Å². The number of nitrogens with zero attached hydrogens (tertiary/aromatic N) is 2. The van der Waals surface area contributed by atoms with Crippen LogP contribution in [-0.4, -0.2) is 26.5 Å². The van der Waals surface area contributed by atoms with E-state index in [-0.39, 0.29) is 12.5 Å². The lowest BCUT2D eigenvalue weighted by atomic mass is 10.2. The van der Waals surface area contributed by atoms with E-state index < -0.39 is 5.97 Å². The first-order valence-corrected chi connectivity index (χ1v) is 5.58. The Morgan fingerprint density at radius 2 is 2.20 bits per heavy atom. The minimum atomic E-state index is -0.816. The zero-order valence-electron chi connectivity index (χ0n) is 9.02. The summed E-state index contributed by atoms with van der Waals surface area (Å²) in [5.74, 6) is 0.278. The van der Waals surface area contributed by atoms with Crippen molar-refractivity contribution in [2.75, 3.05) is 5.32 Å². The highest BCUT2D eigenvalue weighted by atomic mass is 32.1. The van der Waals surface area contributed by atoms with Gasteiger partial charge in [0, 0.05) is 23.5 Å². The van der Waals surface area contributed by atoms with Crippen molar-refractivity contribution in [2.45, 2.75) is 39.2 Å². The van der Waals surface area contributed by atoms with Crippen molar-refractivity contribution in [2.24, 2.45) is 0 Å². The zero-order valence-corrected chi connectivity index (χ0v) is 9.84. The number of rotatable bonds is 5. The fourth-order valence-corrected chi connectivity index (χ4v) is 1.87.